The van der Waals surface area contributed by atoms with Crippen LogP contribution in [0.1, 0.15) is 38.4 Å². The van der Waals surface area contributed by atoms with Crippen molar-refractivity contribution >= 4 is 34.0 Å². The zero-order valence-corrected chi connectivity index (χ0v) is 17.0. The van der Waals surface area contributed by atoms with Gasteiger partial charge < -0.3 is 15.4 Å². The summed E-state index contributed by atoms with van der Waals surface area (Å²) in [7, 11) is 1.36. The second kappa shape index (κ2) is 8.05. The lowest BCUT2D eigenvalue weighted by molar-refractivity contribution is 0.0606. The summed E-state index contributed by atoms with van der Waals surface area (Å²) in [6.45, 7) is 1.96. The lowest BCUT2D eigenvalue weighted by Crippen LogP contribution is -2.25. The second-order valence-corrected chi connectivity index (χ2v) is 7.96. The standard InChI is InChI=1S/C22H21N3O3S/c1-13-8-9-15(20(26)23-16-10-11-16)12-17(13)24-22-25-18(14-6-4-3-5-7-14)19(29-22)21(27)28-2/h3-9,12,16H,10-11H2,1-2H3,(H,23,26)(H,24,25). The third kappa shape index (κ3) is 4.30. The van der Waals surface area contributed by atoms with Crippen LogP contribution in [0.3, 0.4) is 0 Å². The van der Waals surface area contributed by atoms with E-state index in [0.717, 1.165) is 29.7 Å². The zero-order chi connectivity index (χ0) is 20.4. The number of thiazole rings is 1. The molecular formula is C22H21N3O3S. The molecule has 7 heteroatoms. The van der Waals surface area contributed by atoms with Gasteiger partial charge in [0.25, 0.3) is 5.91 Å². The summed E-state index contributed by atoms with van der Waals surface area (Å²) >= 11 is 1.23. The molecule has 1 fully saturated rings. The Balaban J connectivity index is 1.64. The van der Waals surface area contributed by atoms with E-state index in [9.17, 15) is 9.59 Å². The number of aromatic nitrogens is 1. The van der Waals surface area contributed by atoms with Crippen LogP contribution in [0.4, 0.5) is 10.8 Å². The molecule has 0 atom stereocenters. The Bertz CT molecular complexity index is 1060. The Kier molecular flexibility index (Phi) is 5.31. The third-order valence-corrected chi connectivity index (χ3v) is 5.65. The quantitative estimate of drug-likeness (QED) is 0.587. The van der Waals surface area contributed by atoms with Gasteiger partial charge in [-0.25, -0.2) is 9.78 Å². The highest BCUT2D eigenvalue weighted by atomic mass is 32.1. The molecule has 1 aliphatic rings. The highest BCUT2D eigenvalue weighted by Crippen LogP contribution is 2.34. The maximum atomic E-state index is 12.4. The van der Waals surface area contributed by atoms with E-state index in [-0.39, 0.29) is 5.91 Å². The lowest BCUT2D eigenvalue weighted by atomic mass is 10.1. The Labute approximate surface area is 172 Å². The minimum Gasteiger partial charge on any atom is -0.465 e. The summed E-state index contributed by atoms with van der Waals surface area (Å²) in [6, 6.07) is 15.3. The first kappa shape index (κ1) is 19.1. The van der Waals surface area contributed by atoms with Crippen molar-refractivity contribution in [2.24, 2.45) is 0 Å². The predicted molar refractivity (Wildman–Crippen MR) is 114 cm³/mol. The van der Waals surface area contributed by atoms with Crippen molar-refractivity contribution in [3.63, 3.8) is 0 Å². The predicted octanol–water partition coefficient (Wildman–Crippen LogP) is 4.54. The van der Waals surface area contributed by atoms with Crippen LogP contribution in [0.15, 0.2) is 48.5 Å². The first-order chi connectivity index (χ1) is 14.0. The normalized spacial score (nSPS) is 13.0. The smallest absolute Gasteiger partial charge is 0.350 e. The number of esters is 1. The fourth-order valence-electron chi connectivity index (χ4n) is 2.91. The number of methoxy groups -OCH3 is 1. The van der Waals surface area contributed by atoms with Crippen molar-refractivity contribution in [1.29, 1.82) is 0 Å². The summed E-state index contributed by atoms with van der Waals surface area (Å²) in [4.78, 5) is 29.7. The number of anilines is 2. The molecule has 3 aromatic rings. The Morgan fingerprint density at radius 2 is 1.90 bits per heavy atom. The number of rotatable bonds is 6. The van der Waals surface area contributed by atoms with E-state index in [1.165, 1.54) is 18.4 Å². The van der Waals surface area contributed by atoms with Crippen LogP contribution in [-0.4, -0.2) is 30.0 Å². The van der Waals surface area contributed by atoms with Crippen molar-refractivity contribution in [3.8, 4) is 11.3 Å². The maximum Gasteiger partial charge on any atom is 0.350 e. The molecule has 0 spiro atoms. The van der Waals surface area contributed by atoms with E-state index in [2.05, 4.69) is 15.6 Å². The van der Waals surface area contributed by atoms with Crippen molar-refractivity contribution in [3.05, 3.63) is 64.5 Å². The topological polar surface area (TPSA) is 80.3 Å². The summed E-state index contributed by atoms with van der Waals surface area (Å²) < 4.78 is 4.93. The number of amides is 1. The minimum atomic E-state index is -0.427. The van der Waals surface area contributed by atoms with Crippen LogP contribution >= 0.6 is 11.3 Å². The van der Waals surface area contributed by atoms with Crippen molar-refractivity contribution in [2.45, 2.75) is 25.8 Å². The van der Waals surface area contributed by atoms with Crippen molar-refractivity contribution < 1.29 is 14.3 Å². The van der Waals surface area contributed by atoms with Crippen LogP contribution in [0.5, 0.6) is 0 Å². The second-order valence-electron chi connectivity index (χ2n) is 6.96. The van der Waals surface area contributed by atoms with Crippen LogP contribution in [0.25, 0.3) is 11.3 Å². The molecule has 1 amide bonds. The monoisotopic (exact) mass is 407 g/mol. The van der Waals surface area contributed by atoms with E-state index in [1.54, 1.807) is 0 Å². The number of benzene rings is 2. The van der Waals surface area contributed by atoms with E-state index < -0.39 is 5.97 Å². The Morgan fingerprint density at radius 3 is 2.59 bits per heavy atom. The van der Waals surface area contributed by atoms with E-state index in [0.29, 0.717) is 27.3 Å². The number of carbonyl (C=O) groups excluding carboxylic acids is 2. The number of hydrogen-bond acceptors (Lipinski definition) is 6. The van der Waals surface area contributed by atoms with Gasteiger partial charge in [-0.2, -0.15) is 0 Å². The number of nitrogens with zero attached hydrogens (tertiary/aromatic N) is 1. The number of carbonyl (C=O) groups is 2. The molecule has 6 nitrogen and oxygen atoms in total. The van der Waals surface area contributed by atoms with Gasteiger partial charge in [0.05, 0.1) is 12.8 Å². The Morgan fingerprint density at radius 1 is 1.14 bits per heavy atom. The van der Waals surface area contributed by atoms with E-state index >= 15 is 0 Å². The molecule has 0 bridgehead atoms. The van der Waals surface area contributed by atoms with Crippen LogP contribution in [-0.2, 0) is 4.74 Å². The molecular weight excluding hydrogens is 386 g/mol. The number of nitrogens with one attached hydrogen (secondary N) is 2. The number of hydrogen-bond donors (Lipinski definition) is 2. The van der Waals surface area contributed by atoms with Gasteiger partial charge in [-0.1, -0.05) is 47.7 Å². The molecule has 1 saturated carbocycles. The SMILES string of the molecule is COC(=O)c1sc(Nc2cc(C(=O)NC3CC3)ccc2C)nc1-c1ccccc1. The van der Waals surface area contributed by atoms with Crippen molar-refractivity contribution in [1.82, 2.24) is 10.3 Å². The summed E-state index contributed by atoms with van der Waals surface area (Å²) in [5, 5.41) is 6.82. The van der Waals surface area contributed by atoms with Crippen molar-refractivity contribution in [2.75, 3.05) is 12.4 Å². The van der Waals surface area contributed by atoms with E-state index in [1.807, 2.05) is 55.5 Å². The third-order valence-electron chi connectivity index (χ3n) is 4.70. The van der Waals surface area contributed by atoms with Gasteiger partial charge >= 0.3 is 5.97 Å². The van der Waals surface area contributed by atoms with Gasteiger partial charge in [0.1, 0.15) is 4.88 Å². The molecule has 0 saturated heterocycles. The highest BCUT2D eigenvalue weighted by molar-refractivity contribution is 7.18. The minimum absolute atomic E-state index is 0.0742. The molecule has 148 valence electrons. The molecule has 0 aliphatic heterocycles. The van der Waals surface area contributed by atoms with Crippen LogP contribution < -0.4 is 10.6 Å². The molecule has 0 unspecified atom stereocenters. The molecule has 1 heterocycles. The number of aryl methyl sites for hydroxylation is 1. The summed E-state index contributed by atoms with van der Waals surface area (Å²) in [6.07, 6.45) is 2.08. The molecule has 2 N–H and O–H groups in total. The van der Waals surface area contributed by atoms with Gasteiger partial charge in [-0.15, -0.1) is 0 Å². The zero-order valence-electron chi connectivity index (χ0n) is 16.2. The number of ether oxygens (including phenoxy) is 1. The maximum absolute atomic E-state index is 12.4. The first-order valence-corrected chi connectivity index (χ1v) is 10.2. The average Bonchev–Trinajstić information content (AvgIpc) is 3.45. The average molecular weight is 407 g/mol. The molecule has 4 rings (SSSR count). The van der Waals surface area contributed by atoms with Crippen LogP contribution in [0, 0.1) is 6.92 Å². The lowest BCUT2D eigenvalue weighted by Gasteiger charge is -2.10. The van der Waals surface area contributed by atoms with Gasteiger partial charge in [-0.05, 0) is 37.5 Å². The van der Waals surface area contributed by atoms with Gasteiger partial charge in [0.15, 0.2) is 5.13 Å². The first-order valence-electron chi connectivity index (χ1n) is 9.38. The molecule has 1 aromatic heterocycles. The molecule has 1 aliphatic carbocycles. The largest absolute Gasteiger partial charge is 0.465 e. The molecule has 2 aromatic carbocycles. The van der Waals surface area contributed by atoms with Gasteiger partial charge in [0, 0.05) is 22.9 Å². The van der Waals surface area contributed by atoms with E-state index in [4.69, 9.17) is 4.74 Å². The molecule has 29 heavy (non-hydrogen) atoms. The van der Waals surface area contributed by atoms with Gasteiger partial charge in [-0.3, -0.25) is 4.79 Å². The fourth-order valence-corrected chi connectivity index (χ4v) is 3.82. The summed E-state index contributed by atoms with van der Waals surface area (Å²) in [5.74, 6) is -0.501. The molecule has 0 radical (unpaired) electrons. The highest BCUT2D eigenvalue weighted by Gasteiger charge is 2.24. The summed E-state index contributed by atoms with van der Waals surface area (Å²) in [5.41, 5.74) is 3.76. The van der Waals surface area contributed by atoms with Gasteiger partial charge in [0.2, 0.25) is 0 Å². The van der Waals surface area contributed by atoms with Crippen LogP contribution in [0.2, 0.25) is 0 Å². The fraction of sp³-hybridized carbons (Fsp3) is 0.227. The Hall–Kier alpha value is -3.19.